The Balaban J connectivity index is 2.03. The van der Waals surface area contributed by atoms with Gasteiger partial charge in [0.2, 0.25) is 5.89 Å². The van der Waals surface area contributed by atoms with Gasteiger partial charge >= 0.3 is 0 Å². The van der Waals surface area contributed by atoms with Crippen LogP contribution in [-0.4, -0.2) is 19.7 Å². The van der Waals surface area contributed by atoms with Gasteiger partial charge in [0.1, 0.15) is 12.4 Å². The maximum atomic E-state index is 5.37. The topological polar surface area (TPSA) is 56.7 Å². The van der Waals surface area contributed by atoms with E-state index in [1.807, 2.05) is 18.2 Å². The third kappa shape index (κ3) is 2.55. The lowest BCUT2D eigenvalue weighted by Crippen LogP contribution is -2.07. The molecule has 2 heterocycles. The smallest absolute Gasteiger partial charge is 0.246 e. The largest absolute Gasteiger partial charge is 0.337 e. The van der Waals surface area contributed by atoms with E-state index in [0.717, 1.165) is 22.7 Å². The first kappa shape index (κ1) is 13.8. The molecule has 0 aliphatic rings. The highest BCUT2D eigenvalue weighted by Gasteiger charge is 2.17. The van der Waals surface area contributed by atoms with Crippen molar-refractivity contribution < 1.29 is 4.52 Å². The number of nitrogens with zero attached hydrogens (tertiary/aromatic N) is 4. The number of aromatic nitrogens is 4. The van der Waals surface area contributed by atoms with E-state index < -0.39 is 0 Å². The number of para-hydroxylation sites is 2. The van der Waals surface area contributed by atoms with Gasteiger partial charge in [0.25, 0.3) is 0 Å². The quantitative estimate of drug-likeness (QED) is 0.732. The Labute approximate surface area is 124 Å². The van der Waals surface area contributed by atoms with Crippen molar-refractivity contribution in [2.75, 3.05) is 0 Å². The first-order chi connectivity index (χ1) is 10.1. The highest BCUT2D eigenvalue weighted by atomic mass is 16.5. The summed E-state index contributed by atoms with van der Waals surface area (Å²) in [5.41, 5.74) is 2.11. The summed E-state index contributed by atoms with van der Waals surface area (Å²) in [5, 5.41) is 4.03. The van der Waals surface area contributed by atoms with Crippen LogP contribution >= 0.6 is 0 Å². The Morgan fingerprint density at radius 2 is 1.81 bits per heavy atom. The summed E-state index contributed by atoms with van der Waals surface area (Å²) in [6.45, 7) is 8.96. The summed E-state index contributed by atoms with van der Waals surface area (Å²) in [4.78, 5) is 9.19. The highest BCUT2D eigenvalue weighted by molar-refractivity contribution is 5.76. The van der Waals surface area contributed by atoms with Crippen molar-refractivity contribution in [2.24, 2.45) is 0 Å². The molecule has 0 aliphatic heterocycles. The Bertz CT molecular complexity index is 755. The van der Waals surface area contributed by atoms with Crippen LogP contribution in [0.3, 0.4) is 0 Å². The van der Waals surface area contributed by atoms with Crippen molar-refractivity contribution in [2.45, 2.75) is 46.1 Å². The van der Waals surface area contributed by atoms with Gasteiger partial charge in [0.05, 0.1) is 11.0 Å². The van der Waals surface area contributed by atoms with E-state index in [-0.39, 0.29) is 5.92 Å². The Morgan fingerprint density at radius 1 is 1.05 bits per heavy atom. The average Bonchev–Trinajstić information content (AvgIpc) is 3.05. The first-order valence-corrected chi connectivity index (χ1v) is 7.34. The normalized spacial score (nSPS) is 11.9. The predicted octanol–water partition coefficient (Wildman–Crippen LogP) is 3.71. The van der Waals surface area contributed by atoms with Crippen molar-refractivity contribution in [3.8, 4) is 0 Å². The van der Waals surface area contributed by atoms with Crippen molar-refractivity contribution in [3.63, 3.8) is 0 Å². The predicted molar refractivity (Wildman–Crippen MR) is 81.3 cm³/mol. The summed E-state index contributed by atoms with van der Waals surface area (Å²) in [6, 6.07) is 8.14. The number of imidazole rings is 1. The fourth-order valence-electron chi connectivity index (χ4n) is 2.40. The summed E-state index contributed by atoms with van der Waals surface area (Å²) in [5.74, 6) is 3.03. The number of benzene rings is 1. The molecule has 0 saturated carbocycles. The molecule has 0 unspecified atom stereocenters. The Kier molecular flexibility index (Phi) is 3.49. The molecular formula is C16H20N4O. The van der Waals surface area contributed by atoms with Gasteiger partial charge in [-0.25, -0.2) is 4.98 Å². The van der Waals surface area contributed by atoms with Gasteiger partial charge in [-0.1, -0.05) is 45.0 Å². The standard InChI is InChI=1S/C16H20N4O/c1-10(2)15-18-14(21-19-15)9-20-13-8-6-5-7-12(13)17-16(20)11(3)4/h5-8,10-11H,9H2,1-4H3. The SMILES string of the molecule is CC(C)c1noc(Cn2c(C(C)C)nc3ccccc32)n1. The molecule has 21 heavy (non-hydrogen) atoms. The second-order valence-corrected chi connectivity index (χ2v) is 5.90. The summed E-state index contributed by atoms with van der Waals surface area (Å²) >= 11 is 0. The third-order valence-corrected chi connectivity index (χ3v) is 3.49. The van der Waals surface area contributed by atoms with E-state index in [0.29, 0.717) is 18.4 Å². The third-order valence-electron chi connectivity index (χ3n) is 3.49. The van der Waals surface area contributed by atoms with Crippen molar-refractivity contribution in [1.82, 2.24) is 19.7 Å². The average molecular weight is 284 g/mol. The summed E-state index contributed by atoms with van der Waals surface area (Å²) < 4.78 is 7.54. The van der Waals surface area contributed by atoms with Crippen molar-refractivity contribution in [1.29, 1.82) is 0 Å². The van der Waals surface area contributed by atoms with Crippen LogP contribution in [0.4, 0.5) is 0 Å². The molecule has 0 saturated heterocycles. The van der Waals surface area contributed by atoms with Crippen LogP contribution < -0.4 is 0 Å². The first-order valence-electron chi connectivity index (χ1n) is 7.34. The molecule has 5 heteroatoms. The number of hydrogen-bond donors (Lipinski definition) is 0. The monoisotopic (exact) mass is 284 g/mol. The van der Waals surface area contributed by atoms with Crippen LogP contribution in [0, 0.1) is 0 Å². The molecule has 3 aromatic rings. The zero-order chi connectivity index (χ0) is 15.0. The van der Waals surface area contributed by atoms with E-state index >= 15 is 0 Å². The maximum absolute atomic E-state index is 5.37. The molecular weight excluding hydrogens is 264 g/mol. The molecule has 0 spiro atoms. The van der Waals surface area contributed by atoms with E-state index in [1.54, 1.807) is 0 Å². The molecule has 5 nitrogen and oxygen atoms in total. The molecule has 0 amide bonds. The van der Waals surface area contributed by atoms with E-state index in [9.17, 15) is 0 Å². The zero-order valence-electron chi connectivity index (χ0n) is 12.9. The molecule has 0 N–H and O–H groups in total. The zero-order valence-corrected chi connectivity index (χ0v) is 12.9. The number of rotatable bonds is 4. The number of fused-ring (bicyclic) bond motifs is 1. The minimum atomic E-state index is 0.270. The molecule has 0 atom stereocenters. The second-order valence-electron chi connectivity index (χ2n) is 5.90. The molecule has 0 radical (unpaired) electrons. The van der Waals surface area contributed by atoms with Gasteiger partial charge in [-0.05, 0) is 12.1 Å². The van der Waals surface area contributed by atoms with E-state index in [4.69, 9.17) is 9.51 Å². The van der Waals surface area contributed by atoms with Gasteiger partial charge in [0, 0.05) is 11.8 Å². The van der Waals surface area contributed by atoms with Gasteiger partial charge in [-0.3, -0.25) is 0 Å². The second kappa shape index (κ2) is 5.31. The highest BCUT2D eigenvalue weighted by Crippen LogP contribution is 2.23. The Morgan fingerprint density at radius 3 is 2.48 bits per heavy atom. The Hall–Kier alpha value is -2.17. The van der Waals surface area contributed by atoms with Crippen molar-refractivity contribution >= 4 is 11.0 Å². The van der Waals surface area contributed by atoms with Gasteiger partial charge in [-0.15, -0.1) is 0 Å². The lowest BCUT2D eigenvalue weighted by atomic mass is 10.2. The van der Waals surface area contributed by atoms with Crippen molar-refractivity contribution in [3.05, 3.63) is 41.8 Å². The lowest BCUT2D eigenvalue weighted by Gasteiger charge is -2.08. The minimum absolute atomic E-state index is 0.270. The lowest BCUT2D eigenvalue weighted by molar-refractivity contribution is 0.364. The molecule has 0 bridgehead atoms. The molecule has 0 fully saturated rings. The van der Waals surface area contributed by atoms with E-state index in [2.05, 4.69) is 48.5 Å². The molecule has 0 aliphatic carbocycles. The maximum Gasteiger partial charge on any atom is 0.246 e. The summed E-state index contributed by atoms with van der Waals surface area (Å²) in [7, 11) is 0. The van der Waals surface area contributed by atoms with Crippen LogP contribution in [0.2, 0.25) is 0 Å². The van der Waals surface area contributed by atoms with Crippen LogP contribution in [0.25, 0.3) is 11.0 Å². The fraction of sp³-hybridized carbons (Fsp3) is 0.438. The van der Waals surface area contributed by atoms with Crippen LogP contribution in [-0.2, 0) is 6.54 Å². The number of hydrogen-bond acceptors (Lipinski definition) is 4. The molecule has 2 aromatic heterocycles. The van der Waals surface area contributed by atoms with Crippen LogP contribution in [0.1, 0.15) is 57.1 Å². The molecule has 110 valence electrons. The fourth-order valence-corrected chi connectivity index (χ4v) is 2.40. The summed E-state index contributed by atoms with van der Waals surface area (Å²) in [6.07, 6.45) is 0. The van der Waals surface area contributed by atoms with Gasteiger partial charge in [-0.2, -0.15) is 4.98 Å². The minimum Gasteiger partial charge on any atom is -0.337 e. The molecule has 1 aromatic carbocycles. The van der Waals surface area contributed by atoms with Crippen LogP contribution in [0.5, 0.6) is 0 Å². The van der Waals surface area contributed by atoms with E-state index in [1.165, 1.54) is 0 Å². The molecule has 3 rings (SSSR count). The van der Waals surface area contributed by atoms with Gasteiger partial charge in [0.15, 0.2) is 5.82 Å². The van der Waals surface area contributed by atoms with Gasteiger partial charge < -0.3 is 9.09 Å². The van der Waals surface area contributed by atoms with Crippen LogP contribution in [0.15, 0.2) is 28.8 Å².